The maximum Gasteiger partial charge on any atom is 0.0221 e. The summed E-state index contributed by atoms with van der Waals surface area (Å²) in [6, 6.07) is 2.35. The molecule has 0 spiro atoms. The van der Waals surface area contributed by atoms with E-state index in [9.17, 15) is 0 Å². The molecule has 2 aliphatic rings. The van der Waals surface area contributed by atoms with Crippen molar-refractivity contribution in [1.82, 2.24) is 26.6 Å². The summed E-state index contributed by atoms with van der Waals surface area (Å²) in [6.45, 7) is 10.9. The molecule has 0 amide bonds. The number of hydrogen-bond acceptors (Lipinski definition) is 5. The van der Waals surface area contributed by atoms with Crippen LogP contribution in [0, 0.1) is 0 Å². The molecule has 5 heteroatoms. The highest BCUT2D eigenvalue weighted by Crippen LogP contribution is 2.18. The molecule has 1 saturated heterocycles. The average molecular weight is 297 g/mol. The first-order valence-corrected chi connectivity index (χ1v) is 8.90. The summed E-state index contributed by atoms with van der Waals surface area (Å²) in [7, 11) is 0. The van der Waals surface area contributed by atoms with Crippen molar-refractivity contribution >= 4 is 0 Å². The Balaban J connectivity index is 1.85. The first-order chi connectivity index (χ1) is 10.3. The number of fused-ring (bicyclic) bond motifs is 1. The number of nitrogens with one attached hydrogen (secondary N) is 5. The topological polar surface area (TPSA) is 60.1 Å². The highest BCUT2D eigenvalue weighted by atomic mass is 15.1. The summed E-state index contributed by atoms with van der Waals surface area (Å²) in [6.07, 6.45) is 5.37. The van der Waals surface area contributed by atoms with Crippen molar-refractivity contribution in [2.75, 3.05) is 39.3 Å². The van der Waals surface area contributed by atoms with Crippen LogP contribution in [-0.2, 0) is 0 Å². The van der Waals surface area contributed by atoms with Crippen LogP contribution in [0.25, 0.3) is 0 Å². The lowest BCUT2D eigenvalue weighted by molar-refractivity contribution is 0.272. The van der Waals surface area contributed by atoms with Crippen LogP contribution in [-0.4, -0.2) is 63.4 Å². The zero-order chi connectivity index (χ0) is 14.9. The quantitative estimate of drug-likeness (QED) is 0.437. The summed E-state index contributed by atoms with van der Waals surface area (Å²) < 4.78 is 0. The second kappa shape index (κ2) is 9.74. The third kappa shape index (κ3) is 6.61. The molecule has 5 N–H and O–H groups in total. The van der Waals surface area contributed by atoms with Crippen molar-refractivity contribution in [2.24, 2.45) is 0 Å². The highest BCUT2D eigenvalue weighted by molar-refractivity contribution is 4.88. The van der Waals surface area contributed by atoms with Crippen molar-refractivity contribution < 1.29 is 0 Å². The largest absolute Gasteiger partial charge is 0.314 e. The first kappa shape index (κ1) is 17.2. The van der Waals surface area contributed by atoms with E-state index in [0.29, 0.717) is 24.2 Å². The summed E-state index contributed by atoms with van der Waals surface area (Å²) in [5, 5.41) is 18.2. The van der Waals surface area contributed by atoms with E-state index in [2.05, 4.69) is 40.4 Å². The van der Waals surface area contributed by atoms with Gasteiger partial charge in [-0.1, -0.05) is 12.8 Å². The third-order valence-corrected chi connectivity index (χ3v) is 4.73. The van der Waals surface area contributed by atoms with E-state index in [1.165, 1.54) is 25.7 Å². The molecule has 0 aromatic rings. The second-order valence-electron chi connectivity index (χ2n) is 6.77. The molecule has 1 aliphatic carbocycles. The maximum absolute atomic E-state index is 3.79. The molecule has 0 aromatic carbocycles. The molecule has 1 heterocycles. The SMILES string of the molecule is CC1CNC2CCCCC2NCC(C)NCCNCCN1. The van der Waals surface area contributed by atoms with Crippen molar-refractivity contribution in [1.29, 1.82) is 0 Å². The van der Waals surface area contributed by atoms with E-state index >= 15 is 0 Å². The Morgan fingerprint density at radius 1 is 0.619 bits per heavy atom. The molecule has 2 fully saturated rings. The van der Waals surface area contributed by atoms with E-state index < -0.39 is 0 Å². The Morgan fingerprint density at radius 3 is 1.57 bits per heavy atom. The smallest absolute Gasteiger partial charge is 0.0221 e. The summed E-state index contributed by atoms with van der Waals surface area (Å²) in [4.78, 5) is 0. The molecule has 21 heavy (non-hydrogen) atoms. The Morgan fingerprint density at radius 2 is 1.10 bits per heavy atom. The van der Waals surface area contributed by atoms with Crippen LogP contribution in [0.15, 0.2) is 0 Å². The van der Waals surface area contributed by atoms with Crippen molar-refractivity contribution in [3.05, 3.63) is 0 Å². The van der Waals surface area contributed by atoms with Gasteiger partial charge in [-0.15, -0.1) is 0 Å². The zero-order valence-electron chi connectivity index (χ0n) is 13.9. The van der Waals surface area contributed by atoms with Crippen LogP contribution in [0.4, 0.5) is 0 Å². The maximum atomic E-state index is 3.79. The van der Waals surface area contributed by atoms with E-state index in [1.807, 2.05) is 0 Å². The Labute approximate surface area is 130 Å². The Kier molecular flexibility index (Phi) is 7.96. The van der Waals surface area contributed by atoms with Gasteiger partial charge in [0.25, 0.3) is 0 Å². The van der Waals surface area contributed by atoms with Crippen molar-refractivity contribution in [3.63, 3.8) is 0 Å². The van der Waals surface area contributed by atoms with E-state index in [-0.39, 0.29) is 0 Å². The van der Waals surface area contributed by atoms with Crippen molar-refractivity contribution in [2.45, 2.75) is 63.7 Å². The average Bonchev–Trinajstić information content (AvgIpc) is 2.50. The van der Waals surface area contributed by atoms with Gasteiger partial charge in [-0.05, 0) is 26.7 Å². The van der Waals surface area contributed by atoms with Crippen LogP contribution in [0.5, 0.6) is 0 Å². The van der Waals surface area contributed by atoms with Gasteiger partial charge < -0.3 is 26.6 Å². The molecule has 1 saturated carbocycles. The Bertz CT molecular complexity index is 247. The fourth-order valence-electron chi connectivity index (χ4n) is 3.36. The van der Waals surface area contributed by atoms with Crippen LogP contribution < -0.4 is 26.6 Å². The molecule has 2 rings (SSSR count). The first-order valence-electron chi connectivity index (χ1n) is 8.90. The number of rotatable bonds is 0. The molecular formula is C16H35N5. The van der Waals surface area contributed by atoms with Gasteiger partial charge in [0.05, 0.1) is 0 Å². The molecule has 4 unspecified atom stereocenters. The second-order valence-corrected chi connectivity index (χ2v) is 6.77. The normalized spacial score (nSPS) is 38.0. The predicted molar refractivity (Wildman–Crippen MR) is 89.8 cm³/mol. The molecule has 4 atom stereocenters. The number of hydrogen-bond donors (Lipinski definition) is 5. The minimum Gasteiger partial charge on any atom is -0.314 e. The van der Waals surface area contributed by atoms with Gasteiger partial charge in [-0.3, -0.25) is 0 Å². The fraction of sp³-hybridized carbons (Fsp3) is 1.00. The van der Waals surface area contributed by atoms with E-state index in [1.54, 1.807) is 0 Å². The molecule has 124 valence electrons. The lowest BCUT2D eigenvalue weighted by Gasteiger charge is -2.34. The Hall–Kier alpha value is -0.200. The van der Waals surface area contributed by atoms with Gasteiger partial charge >= 0.3 is 0 Å². The van der Waals surface area contributed by atoms with Gasteiger partial charge in [0, 0.05) is 63.4 Å². The zero-order valence-corrected chi connectivity index (χ0v) is 13.9. The minimum absolute atomic E-state index is 0.538. The molecule has 0 radical (unpaired) electrons. The highest BCUT2D eigenvalue weighted by Gasteiger charge is 2.24. The standard InChI is InChI=1S/C16H35N5/c1-13-11-20-15-5-3-4-6-16(15)21-12-14(2)19-10-8-17-7-9-18-13/h13-21H,3-12H2,1-2H3. The van der Waals surface area contributed by atoms with Gasteiger partial charge in [0.2, 0.25) is 0 Å². The summed E-state index contributed by atoms with van der Waals surface area (Å²) in [5.41, 5.74) is 0. The summed E-state index contributed by atoms with van der Waals surface area (Å²) >= 11 is 0. The molecule has 5 nitrogen and oxygen atoms in total. The van der Waals surface area contributed by atoms with Gasteiger partial charge in [-0.2, -0.15) is 0 Å². The summed E-state index contributed by atoms with van der Waals surface area (Å²) in [5.74, 6) is 0. The van der Waals surface area contributed by atoms with Crippen LogP contribution in [0.3, 0.4) is 0 Å². The molecule has 0 bridgehead atoms. The molecular weight excluding hydrogens is 262 g/mol. The van der Waals surface area contributed by atoms with Crippen LogP contribution in [0.1, 0.15) is 39.5 Å². The lowest BCUT2D eigenvalue weighted by atomic mass is 9.90. The fourth-order valence-corrected chi connectivity index (χ4v) is 3.36. The van der Waals surface area contributed by atoms with Crippen LogP contribution in [0.2, 0.25) is 0 Å². The van der Waals surface area contributed by atoms with Gasteiger partial charge in [0.1, 0.15) is 0 Å². The lowest BCUT2D eigenvalue weighted by Crippen LogP contribution is -2.54. The van der Waals surface area contributed by atoms with Gasteiger partial charge in [0.15, 0.2) is 0 Å². The van der Waals surface area contributed by atoms with E-state index in [4.69, 9.17) is 0 Å². The van der Waals surface area contributed by atoms with Crippen LogP contribution >= 0.6 is 0 Å². The predicted octanol–water partition coefficient (Wildman–Crippen LogP) is 0.0362. The van der Waals surface area contributed by atoms with E-state index in [0.717, 1.165) is 39.3 Å². The molecule has 0 aromatic heterocycles. The monoisotopic (exact) mass is 297 g/mol. The third-order valence-electron chi connectivity index (χ3n) is 4.73. The minimum atomic E-state index is 0.538. The van der Waals surface area contributed by atoms with Gasteiger partial charge in [-0.25, -0.2) is 0 Å². The molecule has 1 aliphatic heterocycles. The van der Waals surface area contributed by atoms with Crippen molar-refractivity contribution in [3.8, 4) is 0 Å².